The standard InChI is InChI=1S/C25H19Cl4N3O6/c1-36-23-9-14(21(32(34)35)12-24(23)37-2)3-7-20(17-6-4-15(26)10-18(17)28)30-31-25(33)13-38-22-8-5-16(27)11-19(22)29/h3-12H,13H2,1-2H3,(H,31,33)/b7-3+,30-20-. The summed E-state index contributed by atoms with van der Waals surface area (Å²) in [6.07, 6.45) is 2.88. The lowest BCUT2D eigenvalue weighted by Gasteiger charge is -2.10. The zero-order valence-electron chi connectivity index (χ0n) is 19.8. The van der Waals surface area contributed by atoms with Crippen molar-refractivity contribution in [2.45, 2.75) is 0 Å². The van der Waals surface area contributed by atoms with Gasteiger partial charge in [0.2, 0.25) is 0 Å². The Labute approximate surface area is 237 Å². The Morgan fingerprint density at radius 3 is 2.18 bits per heavy atom. The van der Waals surface area contributed by atoms with Crippen LogP contribution < -0.4 is 19.6 Å². The largest absolute Gasteiger partial charge is 0.493 e. The zero-order chi connectivity index (χ0) is 27.8. The van der Waals surface area contributed by atoms with Crippen LogP contribution >= 0.6 is 46.4 Å². The molecule has 0 bridgehead atoms. The predicted octanol–water partition coefficient (Wildman–Crippen LogP) is 6.84. The van der Waals surface area contributed by atoms with E-state index in [9.17, 15) is 14.9 Å². The highest BCUT2D eigenvalue weighted by molar-refractivity contribution is 6.37. The SMILES string of the molecule is COc1cc(/C=C/C(=N/NC(=O)COc2ccc(Cl)cc2Cl)c2ccc(Cl)cc2Cl)c([N+](=O)[O-])cc1OC. The Bertz CT molecular complexity index is 1430. The summed E-state index contributed by atoms with van der Waals surface area (Å²) in [6, 6.07) is 11.9. The van der Waals surface area contributed by atoms with Crippen molar-refractivity contribution in [3.05, 3.63) is 95.9 Å². The molecule has 0 aliphatic rings. The van der Waals surface area contributed by atoms with Crippen molar-refractivity contribution in [3.63, 3.8) is 0 Å². The molecule has 3 aromatic carbocycles. The number of nitro benzene ring substituents is 1. The van der Waals surface area contributed by atoms with Crippen LogP contribution in [0.4, 0.5) is 5.69 Å². The first-order valence-corrected chi connectivity index (χ1v) is 12.1. The Kier molecular flexibility index (Phi) is 10.2. The normalized spacial score (nSPS) is 11.4. The third-order valence-electron chi connectivity index (χ3n) is 4.91. The van der Waals surface area contributed by atoms with Gasteiger partial charge >= 0.3 is 0 Å². The number of nitro groups is 1. The van der Waals surface area contributed by atoms with E-state index in [0.717, 1.165) is 0 Å². The molecule has 0 aromatic heterocycles. The third-order valence-corrected chi connectivity index (χ3v) is 5.99. The molecule has 0 spiro atoms. The summed E-state index contributed by atoms with van der Waals surface area (Å²) in [5.41, 5.74) is 2.90. The van der Waals surface area contributed by atoms with Gasteiger partial charge in [-0.1, -0.05) is 46.4 Å². The van der Waals surface area contributed by atoms with Crippen molar-refractivity contribution < 1.29 is 23.9 Å². The molecule has 3 rings (SSSR count). The lowest BCUT2D eigenvalue weighted by Crippen LogP contribution is -2.25. The van der Waals surface area contributed by atoms with Crippen LogP contribution in [0.2, 0.25) is 20.1 Å². The average molecular weight is 599 g/mol. The van der Waals surface area contributed by atoms with Gasteiger partial charge in [0.05, 0.1) is 46.5 Å². The highest BCUT2D eigenvalue weighted by atomic mass is 35.5. The zero-order valence-corrected chi connectivity index (χ0v) is 22.9. The fourth-order valence-corrected chi connectivity index (χ4v) is 4.09. The number of carbonyl (C=O) groups is 1. The van der Waals surface area contributed by atoms with Crippen molar-refractivity contribution in [3.8, 4) is 17.2 Å². The second-order valence-electron chi connectivity index (χ2n) is 7.38. The number of hydrazone groups is 1. The van der Waals surface area contributed by atoms with E-state index in [1.54, 1.807) is 18.2 Å². The second kappa shape index (κ2) is 13.3. The van der Waals surface area contributed by atoms with Gasteiger partial charge in [-0.15, -0.1) is 0 Å². The Hall–Kier alpha value is -3.50. The molecule has 0 saturated carbocycles. The number of nitrogens with one attached hydrogen (secondary N) is 1. The van der Waals surface area contributed by atoms with Gasteiger partial charge in [-0.3, -0.25) is 14.9 Å². The van der Waals surface area contributed by atoms with Gasteiger partial charge in [-0.25, -0.2) is 5.43 Å². The van der Waals surface area contributed by atoms with E-state index in [2.05, 4.69) is 10.5 Å². The van der Waals surface area contributed by atoms with E-state index in [4.69, 9.17) is 60.6 Å². The van der Waals surface area contributed by atoms with Crippen LogP contribution in [0.3, 0.4) is 0 Å². The van der Waals surface area contributed by atoms with Gasteiger partial charge in [0.25, 0.3) is 11.6 Å². The van der Waals surface area contributed by atoms with Gasteiger partial charge in [0.15, 0.2) is 18.1 Å². The monoisotopic (exact) mass is 597 g/mol. The smallest absolute Gasteiger partial charge is 0.280 e. The molecule has 3 aromatic rings. The summed E-state index contributed by atoms with van der Waals surface area (Å²) < 4.78 is 15.8. The van der Waals surface area contributed by atoms with E-state index >= 15 is 0 Å². The van der Waals surface area contributed by atoms with Crippen molar-refractivity contribution in [2.24, 2.45) is 5.10 Å². The minimum atomic E-state index is -0.607. The van der Waals surface area contributed by atoms with Crippen molar-refractivity contribution in [1.82, 2.24) is 5.43 Å². The number of hydrogen-bond acceptors (Lipinski definition) is 7. The van der Waals surface area contributed by atoms with Crippen LogP contribution in [-0.2, 0) is 4.79 Å². The summed E-state index contributed by atoms with van der Waals surface area (Å²) in [4.78, 5) is 23.5. The molecule has 1 N–H and O–H groups in total. The molecule has 1 amide bonds. The average Bonchev–Trinajstić information content (AvgIpc) is 2.88. The highest BCUT2D eigenvalue weighted by Crippen LogP contribution is 2.35. The fraction of sp³-hybridized carbons (Fsp3) is 0.120. The summed E-state index contributed by atoms with van der Waals surface area (Å²) in [6.45, 7) is -0.405. The van der Waals surface area contributed by atoms with Crippen LogP contribution in [0, 0.1) is 10.1 Å². The van der Waals surface area contributed by atoms with Crippen LogP contribution in [0.5, 0.6) is 17.2 Å². The number of benzene rings is 3. The van der Waals surface area contributed by atoms with Crippen molar-refractivity contribution in [1.29, 1.82) is 0 Å². The molecule has 0 unspecified atom stereocenters. The minimum absolute atomic E-state index is 0.175. The fourth-order valence-electron chi connectivity index (χ4n) is 3.12. The van der Waals surface area contributed by atoms with Crippen LogP contribution in [0.1, 0.15) is 11.1 Å². The third kappa shape index (κ3) is 7.52. The molecule has 0 atom stereocenters. The number of allylic oxidation sites excluding steroid dienone is 1. The van der Waals surface area contributed by atoms with E-state index in [0.29, 0.717) is 15.6 Å². The van der Waals surface area contributed by atoms with Gasteiger partial charge in [0.1, 0.15) is 5.75 Å². The van der Waals surface area contributed by atoms with Crippen molar-refractivity contribution >= 4 is 69.8 Å². The number of amides is 1. The highest BCUT2D eigenvalue weighted by Gasteiger charge is 2.18. The predicted molar refractivity (Wildman–Crippen MR) is 148 cm³/mol. The molecule has 0 aliphatic carbocycles. The summed E-state index contributed by atoms with van der Waals surface area (Å²) >= 11 is 24.3. The van der Waals surface area contributed by atoms with Gasteiger partial charge < -0.3 is 14.2 Å². The van der Waals surface area contributed by atoms with E-state index < -0.39 is 17.4 Å². The maximum Gasteiger partial charge on any atom is 0.280 e. The van der Waals surface area contributed by atoms with Gasteiger partial charge in [0, 0.05) is 15.6 Å². The molecule has 0 heterocycles. The Morgan fingerprint density at radius 2 is 1.58 bits per heavy atom. The first-order valence-electron chi connectivity index (χ1n) is 10.6. The van der Waals surface area contributed by atoms with Gasteiger partial charge in [-0.2, -0.15) is 5.10 Å². The van der Waals surface area contributed by atoms with Crippen LogP contribution in [0.25, 0.3) is 6.08 Å². The van der Waals surface area contributed by atoms with E-state index in [-0.39, 0.29) is 44.3 Å². The van der Waals surface area contributed by atoms with E-state index in [1.807, 2.05) is 0 Å². The van der Waals surface area contributed by atoms with Crippen molar-refractivity contribution in [2.75, 3.05) is 20.8 Å². The molecular weight excluding hydrogens is 580 g/mol. The molecule has 9 nitrogen and oxygen atoms in total. The molecule has 0 aliphatic heterocycles. The Balaban J connectivity index is 1.92. The minimum Gasteiger partial charge on any atom is -0.493 e. The number of methoxy groups -OCH3 is 2. The molecule has 198 valence electrons. The maximum atomic E-state index is 12.4. The molecule has 0 saturated heterocycles. The first-order chi connectivity index (χ1) is 18.1. The number of carbonyl (C=O) groups excluding carboxylic acids is 1. The topological polar surface area (TPSA) is 112 Å². The van der Waals surface area contributed by atoms with E-state index in [1.165, 1.54) is 56.7 Å². The molecule has 0 radical (unpaired) electrons. The number of nitrogens with zero attached hydrogens (tertiary/aromatic N) is 2. The molecule has 0 fully saturated rings. The summed E-state index contributed by atoms with van der Waals surface area (Å²) in [7, 11) is 2.78. The van der Waals surface area contributed by atoms with Crippen LogP contribution in [-0.4, -0.2) is 37.4 Å². The lowest BCUT2D eigenvalue weighted by molar-refractivity contribution is -0.385. The second-order valence-corrected chi connectivity index (χ2v) is 9.06. The number of ether oxygens (including phenoxy) is 3. The molecular formula is C25H19Cl4N3O6. The number of halogens is 4. The first kappa shape index (κ1) is 29.1. The van der Waals surface area contributed by atoms with Gasteiger partial charge in [-0.05, 0) is 54.6 Å². The Morgan fingerprint density at radius 1 is 0.947 bits per heavy atom. The maximum absolute atomic E-state index is 12.4. The lowest BCUT2D eigenvalue weighted by atomic mass is 10.1. The quantitative estimate of drug-likeness (QED) is 0.155. The molecule has 38 heavy (non-hydrogen) atoms. The number of hydrogen-bond donors (Lipinski definition) is 1. The summed E-state index contributed by atoms with van der Waals surface area (Å²) in [5.74, 6) is 0.132. The van der Waals surface area contributed by atoms with Crippen LogP contribution in [0.15, 0.2) is 59.7 Å². The summed E-state index contributed by atoms with van der Waals surface area (Å²) in [5, 5.41) is 17.1. The molecule has 13 heteroatoms. The number of rotatable bonds is 10.